The van der Waals surface area contributed by atoms with Crippen LogP contribution in [0, 0.1) is 0 Å². The van der Waals surface area contributed by atoms with E-state index in [0.717, 1.165) is 13.0 Å². The van der Waals surface area contributed by atoms with Crippen LogP contribution in [-0.4, -0.2) is 18.8 Å². The van der Waals surface area contributed by atoms with Gasteiger partial charge in [0.05, 0.1) is 0 Å². The zero-order valence-corrected chi connectivity index (χ0v) is 16.7. The van der Waals surface area contributed by atoms with E-state index in [0.29, 0.717) is 0 Å². The monoisotopic (exact) mass is 360 g/mol. The first kappa shape index (κ1) is 24.7. The van der Waals surface area contributed by atoms with E-state index in [1.54, 1.807) is 0 Å². The van der Waals surface area contributed by atoms with Crippen LogP contribution in [-0.2, 0) is 11.8 Å². The maximum absolute atomic E-state index is 6.12. The van der Waals surface area contributed by atoms with Gasteiger partial charge in [0.25, 0.3) is 0 Å². The summed E-state index contributed by atoms with van der Waals surface area (Å²) in [4.78, 5) is 4.45. The lowest BCUT2D eigenvalue weighted by Crippen LogP contribution is -2.24. The Morgan fingerprint density at radius 3 is 2.17 bits per heavy atom. The lowest BCUT2D eigenvalue weighted by molar-refractivity contribution is 0.590. The normalized spacial score (nSPS) is 12.6. The molecule has 1 aromatic rings. The third-order valence-electron chi connectivity index (χ3n) is 3.73. The molecule has 0 radical (unpaired) electrons. The standard InChI is InChI=1S/C19H32N2.2ClH/c1-5-6-7-8-13-21-15-18(20)14-16-9-11-17(12-10-16)19(2,3)4;;/h9-12,15,18H,5-8,13-14,20H2,1-4H3;2*1H. The molecule has 0 aliphatic heterocycles. The van der Waals surface area contributed by atoms with Crippen molar-refractivity contribution in [2.45, 2.75) is 71.3 Å². The lowest BCUT2D eigenvalue weighted by Gasteiger charge is -2.19. The van der Waals surface area contributed by atoms with E-state index in [1.165, 1.54) is 36.8 Å². The first-order valence-electron chi connectivity index (χ1n) is 8.28. The molecule has 0 fully saturated rings. The number of aliphatic imine (C=N–C) groups is 1. The third-order valence-corrected chi connectivity index (χ3v) is 3.73. The zero-order chi connectivity index (χ0) is 15.7. The van der Waals surface area contributed by atoms with Crippen LogP contribution in [0.1, 0.15) is 64.5 Å². The minimum atomic E-state index is 0. The fourth-order valence-electron chi connectivity index (χ4n) is 2.31. The Labute approximate surface area is 155 Å². The molecule has 1 rings (SSSR count). The topological polar surface area (TPSA) is 38.4 Å². The van der Waals surface area contributed by atoms with E-state index < -0.39 is 0 Å². The Hall–Kier alpha value is -0.570. The molecule has 1 unspecified atom stereocenters. The van der Waals surface area contributed by atoms with Crippen LogP contribution in [0.3, 0.4) is 0 Å². The van der Waals surface area contributed by atoms with Crippen LogP contribution in [0.2, 0.25) is 0 Å². The second-order valence-corrected chi connectivity index (χ2v) is 6.93. The fourth-order valence-corrected chi connectivity index (χ4v) is 2.31. The Balaban J connectivity index is 0. The van der Waals surface area contributed by atoms with E-state index in [-0.39, 0.29) is 36.3 Å². The molecule has 0 heterocycles. The zero-order valence-electron chi connectivity index (χ0n) is 15.0. The number of rotatable bonds is 8. The molecular formula is C19H34Cl2N2. The minimum Gasteiger partial charge on any atom is -0.323 e. The van der Waals surface area contributed by atoms with Crippen molar-refractivity contribution in [3.05, 3.63) is 35.4 Å². The van der Waals surface area contributed by atoms with Crippen LogP contribution in [0.4, 0.5) is 0 Å². The molecule has 0 saturated heterocycles. The smallest absolute Gasteiger partial charge is 0.0435 e. The van der Waals surface area contributed by atoms with Gasteiger partial charge >= 0.3 is 0 Å². The van der Waals surface area contributed by atoms with Crippen LogP contribution in [0.25, 0.3) is 0 Å². The first-order valence-corrected chi connectivity index (χ1v) is 8.28. The molecule has 1 atom stereocenters. The second-order valence-electron chi connectivity index (χ2n) is 6.93. The van der Waals surface area contributed by atoms with Gasteiger partial charge in [-0.25, -0.2) is 0 Å². The van der Waals surface area contributed by atoms with Gasteiger partial charge in [-0.15, -0.1) is 24.8 Å². The Kier molecular flexibility index (Phi) is 13.7. The third kappa shape index (κ3) is 10.8. The fraction of sp³-hybridized carbons (Fsp3) is 0.632. The second kappa shape index (κ2) is 12.8. The Morgan fingerprint density at radius 1 is 1.04 bits per heavy atom. The van der Waals surface area contributed by atoms with Crippen molar-refractivity contribution in [2.75, 3.05) is 6.54 Å². The number of halogens is 2. The average molecular weight is 361 g/mol. The summed E-state index contributed by atoms with van der Waals surface area (Å²) in [5, 5.41) is 0. The van der Waals surface area contributed by atoms with Crippen molar-refractivity contribution in [1.82, 2.24) is 0 Å². The predicted octanol–water partition coefficient (Wildman–Crippen LogP) is 5.35. The summed E-state index contributed by atoms with van der Waals surface area (Å²) in [5.74, 6) is 0. The summed E-state index contributed by atoms with van der Waals surface area (Å²) in [6, 6.07) is 8.83. The van der Waals surface area contributed by atoms with Crippen LogP contribution in [0.5, 0.6) is 0 Å². The van der Waals surface area contributed by atoms with Gasteiger partial charge in [0.2, 0.25) is 0 Å². The summed E-state index contributed by atoms with van der Waals surface area (Å²) in [6.07, 6.45) is 7.82. The maximum Gasteiger partial charge on any atom is 0.0435 e. The molecule has 2 nitrogen and oxygen atoms in total. The highest BCUT2D eigenvalue weighted by atomic mass is 35.5. The number of benzene rings is 1. The minimum absolute atomic E-state index is 0. The predicted molar refractivity (Wildman–Crippen MR) is 109 cm³/mol. The number of hydrogen-bond donors (Lipinski definition) is 1. The lowest BCUT2D eigenvalue weighted by atomic mass is 9.86. The molecule has 0 bridgehead atoms. The van der Waals surface area contributed by atoms with Gasteiger partial charge in [0.15, 0.2) is 0 Å². The molecule has 0 amide bonds. The summed E-state index contributed by atoms with van der Waals surface area (Å²) in [5.41, 5.74) is 8.98. The van der Waals surface area contributed by atoms with Gasteiger partial charge < -0.3 is 5.73 Å². The maximum atomic E-state index is 6.12. The van der Waals surface area contributed by atoms with Gasteiger partial charge in [0, 0.05) is 18.8 Å². The average Bonchev–Trinajstić information content (AvgIpc) is 2.42. The molecule has 2 N–H and O–H groups in total. The summed E-state index contributed by atoms with van der Waals surface area (Å²) in [6.45, 7) is 9.84. The Bertz CT molecular complexity index is 422. The van der Waals surface area contributed by atoms with Crippen LogP contribution in [0.15, 0.2) is 29.3 Å². The van der Waals surface area contributed by atoms with Gasteiger partial charge in [-0.05, 0) is 29.4 Å². The Morgan fingerprint density at radius 2 is 1.65 bits per heavy atom. The summed E-state index contributed by atoms with van der Waals surface area (Å²) < 4.78 is 0. The largest absolute Gasteiger partial charge is 0.323 e. The van der Waals surface area contributed by atoms with Gasteiger partial charge in [-0.2, -0.15) is 0 Å². The van der Waals surface area contributed by atoms with Gasteiger partial charge in [0.1, 0.15) is 0 Å². The quantitative estimate of drug-likeness (QED) is 0.492. The highest BCUT2D eigenvalue weighted by Crippen LogP contribution is 2.22. The molecule has 134 valence electrons. The van der Waals surface area contributed by atoms with Gasteiger partial charge in [-0.1, -0.05) is 71.2 Å². The SMILES string of the molecule is CCCCCCN=CC(N)Cc1ccc(C(C)(C)C)cc1.Cl.Cl. The molecule has 0 aromatic heterocycles. The van der Waals surface area contributed by atoms with E-state index in [4.69, 9.17) is 5.73 Å². The summed E-state index contributed by atoms with van der Waals surface area (Å²) >= 11 is 0. The molecule has 23 heavy (non-hydrogen) atoms. The van der Waals surface area contributed by atoms with Crippen molar-refractivity contribution in [1.29, 1.82) is 0 Å². The van der Waals surface area contributed by atoms with Crippen molar-refractivity contribution < 1.29 is 0 Å². The number of nitrogens with zero attached hydrogens (tertiary/aromatic N) is 1. The molecule has 0 spiro atoms. The van der Waals surface area contributed by atoms with E-state index >= 15 is 0 Å². The van der Waals surface area contributed by atoms with Crippen molar-refractivity contribution in [3.8, 4) is 0 Å². The van der Waals surface area contributed by atoms with E-state index in [1.807, 2.05) is 6.21 Å². The molecule has 4 heteroatoms. The summed E-state index contributed by atoms with van der Waals surface area (Å²) in [7, 11) is 0. The molecule has 0 aliphatic carbocycles. The molecular weight excluding hydrogens is 327 g/mol. The van der Waals surface area contributed by atoms with Crippen molar-refractivity contribution in [2.24, 2.45) is 10.7 Å². The number of nitrogens with two attached hydrogens (primary N) is 1. The highest BCUT2D eigenvalue weighted by molar-refractivity contribution is 5.85. The number of unbranched alkanes of at least 4 members (excludes halogenated alkanes) is 3. The van der Waals surface area contributed by atoms with Crippen molar-refractivity contribution >= 4 is 31.0 Å². The molecule has 0 aliphatic rings. The van der Waals surface area contributed by atoms with Crippen LogP contribution >= 0.6 is 24.8 Å². The first-order chi connectivity index (χ1) is 9.93. The van der Waals surface area contributed by atoms with E-state index in [9.17, 15) is 0 Å². The van der Waals surface area contributed by atoms with Crippen molar-refractivity contribution in [3.63, 3.8) is 0 Å². The number of hydrogen-bond acceptors (Lipinski definition) is 2. The molecule has 1 aromatic carbocycles. The van der Waals surface area contributed by atoms with Crippen LogP contribution < -0.4 is 5.73 Å². The molecule has 0 saturated carbocycles. The van der Waals surface area contributed by atoms with Gasteiger partial charge in [-0.3, -0.25) is 4.99 Å². The van der Waals surface area contributed by atoms with E-state index in [2.05, 4.69) is 57.0 Å². The highest BCUT2D eigenvalue weighted by Gasteiger charge is 2.13.